The summed E-state index contributed by atoms with van der Waals surface area (Å²) in [4.78, 5) is 4.94. The third-order valence-corrected chi connectivity index (χ3v) is 4.16. The van der Waals surface area contributed by atoms with Gasteiger partial charge in [-0.1, -0.05) is 6.92 Å². The number of likely N-dealkylation sites (N-methyl/N-ethyl adjacent to an activating group) is 1. The van der Waals surface area contributed by atoms with Gasteiger partial charge in [0.05, 0.1) is 12.2 Å². The number of aryl methyl sites for hydroxylation is 1. The van der Waals surface area contributed by atoms with E-state index in [1.807, 2.05) is 0 Å². The normalized spacial score (nSPS) is 18.4. The van der Waals surface area contributed by atoms with Crippen molar-refractivity contribution in [3.63, 3.8) is 0 Å². The third-order valence-electron chi connectivity index (χ3n) is 4.16. The van der Waals surface area contributed by atoms with E-state index in [-0.39, 0.29) is 0 Å². The van der Waals surface area contributed by atoms with Crippen LogP contribution in [0.3, 0.4) is 0 Å². The van der Waals surface area contributed by atoms with Crippen LogP contribution in [0.5, 0.6) is 0 Å². The van der Waals surface area contributed by atoms with Crippen LogP contribution in [0.4, 0.5) is 0 Å². The van der Waals surface area contributed by atoms with Gasteiger partial charge in [0.25, 0.3) is 0 Å². The predicted molar refractivity (Wildman–Crippen MR) is 75.0 cm³/mol. The van der Waals surface area contributed by atoms with Crippen molar-refractivity contribution >= 4 is 0 Å². The molecule has 18 heavy (non-hydrogen) atoms. The van der Waals surface area contributed by atoms with Crippen molar-refractivity contribution in [1.82, 2.24) is 19.6 Å². The second-order valence-electron chi connectivity index (χ2n) is 5.38. The molecule has 0 bridgehead atoms. The summed E-state index contributed by atoms with van der Waals surface area (Å²) in [6, 6.07) is 0. The molecule has 1 aliphatic heterocycles. The van der Waals surface area contributed by atoms with Gasteiger partial charge < -0.3 is 4.90 Å². The molecule has 0 saturated carbocycles. The highest BCUT2D eigenvalue weighted by Crippen LogP contribution is 2.12. The molecule has 0 aromatic carbocycles. The topological polar surface area (TPSA) is 24.3 Å². The Hall–Kier alpha value is -0.870. The molecule has 0 unspecified atom stereocenters. The minimum Gasteiger partial charge on any atom is -0.304 e. The maximum atomic E-state index is 4.71. The zero-order valence-corrected chi connectivity index (χ0v) is 12.2. The van der Waals surface area contributed by atoms with Gasteiger partial charge in [-0.2, -0.15) is 5.10 Å². The largest absolute Gasteiger partial charge is 0.304 e. The fourth-order valence-corrected chi connectivity index (χ4v) is 2.56. The predicted octanol–water partition coefficient (Wildman–Crippen LogP) is 1.31. The molecule has 4 nitrogen and oxygen atoms in total. The molecule has 1 fully saturated rings. The zero-order valence-electron chi connectivity index (χ0n) is 12.2. The Kier molecular flexibility index (Phi) is 4.40. The lowest BCUT2D eigenvalue weighted by atomic mass is 10.2. The second kappa shape index (κ2) is 5.85. The molecule has 0 spiro atoms. The molecule has 1 saturated heterocycles. The van der Waals surface area contributed by atoms with E-state index >= 15 is 0 Å². The lowest BCUT2D eigenvalue weighted by Crippen LogP contribution is -2.45. The summed E-state index contributed by atoms with van der Waals surface area (Å²) in [5, 5.41) is 4.71. The van der Waals surface area contributed by atoms with E-state index in [4.69, 9.17) is 5.10 Å². The van der Waals surface area contributed by atoms with Crippen LogP contribution in [-0.4, -0.2) is 59.4 Å². The number of aromatic nitrogens is 2. The summed E-state index contributed by atoms with van der Waals surface area (Å²) >= 11 is 0. The minimum atomic E-state index is 1.02. The van der Waals surface area contributed by atoms with Gasteiger partial charge in [0.2, 0.25) is 0 Å². The van der Waals surface area contributed by atoms with E-state index in [2.05, 4.69) is 42.3 Å². The average Bonchev–Trinajstić information content (AvgIpc) is 2.65. The Bertz CT molecular complexity index is 389. The first-order valence-electron chi connectivity index (χ1n) is 7.05. The van der Waals surface area contributed by atoms with Gasteiger partial charge in [-0.25, -0.2) is 0 Å². The van der Waals surface area contributed by atoms with Crippen LogP contribution in [0.2, 0.25) is 0 Å². The van der Waals surface area contributed by atoms with Gasteiger partial charge in [0, 0.05) is 38.4 Å². The van der Waals surface area contributed by atoms with Crippen LogP contribution in [0.25, 0.3) is 0 Å². The van der Waals surface area contributed by atoms with Crippen molar-refractivity contribution in [2.75, 3.05) is 39.8 Å². The van der Waals surface area contributed by atoms with E-state index < -0.39 is 0 Å². The zero-order chi connectivity index (χ0) is 13.1. The molecule has 2 heterocycles. The average molecular weight is 250 g/mol. The molecule has 0 radical (unpaired) electrons. The fourth-order valence-electron chi connectivity index (χ4n) is 2.56. The van der Waals surface area contributed by atoms with E-state index in [0.29, 0.717) is 0 Å². The summed E-state index contributed by atoms with van der Waals surface area (Å²) in [6.45, 7) is 13.5. The standard InChI is InChI=1S/C14H26N4/c1-5-14-12(2)13(3)18(15-14)11-10-17-8-6-16(4)7-9-17/h5-11H2,1-4H3. The van der Waals surface area contributed by atoms with Gasteiger partial charge in [-0.3, -0.25) is 9.58 Å². The third kappa shape index (κ3) is 2.93. The van der Waals surface area contributed by atoms with E-state index in [0.717, 1.165) is 19.5 Å². The highest BCUT2D eigenvalue weighted by atomic mass is 15.3. The highest BCUT2D eigenvalue weighted by molar-refractivity contribution is 5.23. The summed E-state index contributed by atoms with van der Waals surface area (Å²) in [5.41, 5.74) is 3.96. The van der Waals surface area contributed by atoms with Crippen LogP contribution in [-0.2, 0) is 13.0 Å². The Morgan fingerprint density at radius 3 is 2.28 bits per heavy atom. The Morgan fingerprint density at radius 1 is 1.06 bits per heavy atom. The molecule has 2 rings (SSSR count). The summed E-state index contributed by atoms with van der Waals surface area (Å²) in [5.74, 6) is 0. The molecule has 1 aromatic heterocycles. The fraction of sp³-hybridized carbons (Fsp3) is 0.786. The SMILES string of the molecule is CCc1nn(CCN2CCN(C)CC2)c(C)c1C. The number of nitrogens with zero attached hydrogens (tertiary/aromatic N) is 4. The van der Waals surface area contributed by atoms with Crippen LogP contribution in [0, 0.1) is 13.8 Å². The van der Waals surface area contributed by atoms with Crippen molar-refractivity contribution in [3.05, 3.63) is 17.0 Å². The van der Waals surface area contributed by atoms with Crippen LogP contribution < -0.4 is 0 Å². The summed E-state index contributed by atoms with van der Waals surface area (Å²) < 4.78 is 2.19. The molecule has 4 heteroatoms. The molecular formula is C14H26N4. The van der Waals surface area contributed by atoms with Gasteiger partial charge >= 0.3 is 0 Å². The van der Waals surface area contributed by atoms with Crippen molar-refractivity contribution < 1.29 is 0 Å². The molecule has 0 amide bonds. The molecule has 1 aromatic rings. The van der Waals surface area contributed by atoms with Gasteiger partial charge in [-0.15, -0.1) is 0 Å². The van der Waals surface area contributed by atoms with Gasteiger partial charge in [0.1, 0.15) is 0 Å². The van der Waals surface area contributed by atoms with E-state index in [9.17, 15) is 0 Å². The molecule has 0 aliphatic carbocycles. The maximum absolute atomic E-state index is 4.71. The quantitative estimate of drug-likeness (QED) is 0.805. The molecule has 0 atom stereocenters. The monoisotopic (exact) mass is 250 g/mol. The highest BCUT2D eigenvalue weighted by Gasteiger charge is 2.14. The Labute approximate surface area is 111 Å². The Balaban J connectivity index is 1.90. The van der Waals surface area contributed by atoms with Crippen molar-refractivity contribution in [2.24, 2.45) is 0 Å². The van der Waals surface area contributed by atoms with Crippen molar-refractivity contribution in [3.8, 4) is 0 Å². The van der Waals surface area contributed by atoms with Crippen LogP contribution in [0.1, 0.15) is 23.9 Å². The number of hydrogen-bond donors (Lipinski definition) is 0. The Morgan fingerprint density at radius 2 is 1.72 bits per heavy atom. The summed E-state index contributed by atoms with van der Waals surface area (Å²) in [6.07, 6.45) is 1.04. The van der Waals surface area contributed by atoms with Crippen LogP contribution in [0.15, 0.2) is 0 Å². The number of piperazine rings is 1. The smallest absolute Gasteiger partial charge is 0.0653 e. The molecular weight excluding hydrogens is 224 g/mol. The summed E-state index contributed by atoms with van der Waals surface area (Å²) in [7, 11) is 2.20. The number of hydrogen-bond acceptors (Lipinski definition) is 3. The van der Waals surface area contributed by atoms with E-state index in [1.165, 1.54) is 43.1 Å². The van der Waals surface area contributed by atoms with Crippen molar-refractivity contribution in [2.45, 2.75) is 33.7 Å². The van der Waals surface area contributed by atoms with Gasteiger partial charge in [0.15, 0.2) is 0 Å². The lowest BCUT2D eigenvalue weighted by molar-refractivity contribution is 0.148. The first-order valence-corrected chi connectivity index (χ1v) is 7.05. The molecule has 1 aliphatic rings. The van der Waals surface area contributed by atoms with E-state index in [1.54, 1.807) is 0 Å². The van der Waals surface area contributed by atoms with Crippen molar-refractivity contribution in [1.29, 1.82) is 0 Å². The number of rotatable bonds is 4. The lowest BCUT2D eigenvalue weighted by Gasteiger charge is -2.32. The van der Waals surface area contributed by atoms with Crippen LogP contribution >= 0.6 is 0 Å². The first kappa shape index (κ1) is 13.6. The molecule has 0 N–H and O–H groups in total. The second-order valence-corrected chi connectivity index (χ2v) is 5.38. The minimum absolute atomic E-state index is 1.02. The maximum Gasteiger partial charge on any atom is 0.0653 e. The van der Waals surface area contributed by atoms with Gasteiger partial charge in [-0.05, 0) is 32.9 Å². The first-order chi connectivity index (χ1) is 8.61. The molecule has 102 valence electrons.